The highest BCUT2D eigenvalue weighted by molar-refractivity contribution is 7.17. The molecule has 0 aliphatic heterocycles. The first-order valence-electron chi connectivity index (χ1n) is 8.22. The van der Waals surface area contributed by atoms with Gasteiger partial charge in [0, 0.05) is 0 Å². The molecule has 1 aromatic carbocycles. The number of aromatic nitrogens is 1. The molecule has 7 nitrogen and oxygen atoms in total. The zero-order chi connectivity index (χ0) is 19.1. The third-order valence-corrected chi connectivity index (χ3v) is 4.21. The number of ether oxygens (including phenoxy) is 3. The number of thiazole rings is 1. The molecular formula is C18H23N3O4S. The summed E-state index contributed by atoms with van der Waals surface area (Å²) in [5.74, 6) is 0.965. The van der Waals surface area contributed by atoms with E-state index in [0.717, 1.165) is 5.56 Å². The van der Waals surface area contributed by atoms with E-state index in [9.17, 15) is 4.79 Å². The fourth-order valence-corrected chi connectivity index (χ4v) is 2.95. The number of aryl methyl sites for hydroxylation is 1. The minimum absolute atomic E-state index is 0.0625. The van der Waals surface area contributed by atoms with Crippen LogP contribution < -0.4 is 14.9 Å². The van der Waals surface area contributed by atoms with Crippen LogP contribution in [-0.4, -0.2) is 37.0 Å². The number of hydrogen-bond donors (Lipinski definition) is 1. The number of rotatable bonds is 8. The molecule has 0 unspecified atom stereocenters. The first-order valence-corrected chi connectivity index (χ1v) is 9.04. The summed E-state index contributed by atoms with van der Waals surface area (Å²) in [6.07, 6.45) is 1.71. The van der Waals surface area contributed by atoms with Gasteiger partial charge in [-0.2, -0.15) is 5.10 Å². The van der Waals surface area contributed by atoms with Crippen LogP contribution in [0.4, 0.5) is 5.13 Å². The summed E-state index contributed by atoms with van der Waals surface area (Å²) in [7, 11) is 1.34. The molecule has 2 rings (SSSR count). The summed E-state index contributed by atoms with van der Waals surface area (Å²) in [5.41, 5.74) is 4.28. The fourth-order valence-electron chi connectivity index (χ4n) is 2.11. The van der Waals surface area contributed by atoms with Gasteiger partial charge in [-0.15, -0.1) is 0 Å². The summed E-state index contributed by atoms with van der Waals surface area (Å²) in [4.78, 5) is 16.3. The minimum Gasteiger partial charge on any atom is -0.490 e. The van der Waals surface area contributed by atoms with Crippen molar-refractivity contribution < 1.29 is 19.0 Å². The Morgan fingerprint density at radius 3 is 2.81 bits per heavy atom. The van der Waals surface area contributed by atoms with Crippen molar-refractivity contribution in [3.63, 3.8) is 0 Å². The number of benzene rings is 1. The van der Waals surface area contributed by atoms with Gasteiger partial charge in [0.1, 0.15) is 4.88 Å². The quantitative estimate of drug-likeness (QED) is 0.427. The lowest BCUT2D eigenvalue weighted by Crippen LogP contribution is -2.07. The van der Waals surface area contributed by atoms with Gasteiger partial charge in [0.15, 0.2) is 11.5 Å². The summed E-state index contributed by atoms with van der Waals surface area (Å²) in [6, 6.07) is 5.60. The third kappa shape index (κ3) is 5.19. The first-order chi connectivity index (χ1) is 12.4. The van der Waals surface area contributed by atoms with Crippen LogP contribution in [0.2, 0.25) is 0 Å². The second-order valence-corrected chi connectivity index (χ2v) is 6.60. The standard InChI is InChI=1S/C18H23N3O4S/c1-6-24-15-9-13(7-8-14(15)25-11(2)3)10-19-21-18-20-12(4)16(26-18)17(22)23-5/h7-11H,6H2,1-5H3,(H,20,21)/b19-10-. The molecule has 140 valence electrons. The van der Waals surface area contributed by atoms with E-state index in [2.05, 4.69) is 15.5 Å². The van der Waals surface area contributed by atoms with Crippen molar-refractivity contribution in [1.82, 2.24) is 4.98 Å². The number of hydrazone groups is 1. The van der Waals surface area contributed by atoms with E-state index in [1.54, 1.807) is 13.1 Å². The topological polar surface area (TPSA) is 82.0 Å². The van der Waals surface area contributed by atoms with Crippen molar-refractivity contribution in [2.75, 3.05) is 19.1 Å². The predicted molar refractivity (Wildman–Crippen MR) is 103 cm³/mol. The van der Waals surface area contributed by atoms with Crippen LogP contribution >= 0.6 is 11.3 Å². The normalized spacial score (nSPS) is 11.0. The van der Waals surface area contributed by atoms with Gasteiger partial charge in [0.2, 0.25) is 5.13 Å². The van der Waals surface area contributed by atoms with Gasteiger partial charge in [-0.3, -0.25) is 5.43 Å². The fraction of sp³-hybridized carbons (Fsp3) is 0.389. The molecule has 0 fully saturated rings. The minimum atomic E-state index is -0.404. The lowest BCUT2D eigenvalue weighted by Gasteiger charge is -2.14. The van der Waals surface area contributed by atoms with E-state index < -0.39 is 5.97 Å². The third-order valence-electron chi connectivity index (χ3n) is 3.17. The van der Waals surface area contributed by atoms with Crippen LogP contribution in [0.15, 0.2) is 23.3 Å². The Balaban J connectivity index is 2.10. The largest absolute Gasteiger partial charge is 0.490 e. The van der Waals surface area contributed by atoms with E-state index in [4.69, 9.17) is 14.2 Å². The Morgan fingerprint density at radius 1 is 1.38 bits per heavy atom. The van der Waals surface area contributed by atoms with Gasteiger partial charge >= 0.3 is 5.97 Å². The maximum atomic E-state index is 11.6. The Morgan fingerprint density at radius 2 is 2.15 bits per heavy atom. The Bertz CT molecular complexity index is 787. The molecule has 1 N–H and O–H groups in total. The SMILES string of the molecule is CCOc1cc(/C=N\Nc2nc(C)c(C(=O)OC)s2)ccc1OC(C)C. The van der Waals surface area contributed by atoms with E-state index in [0.29, 0.717) is 33.8 Å². The molecule has 0 aliphatic carbocycles. The van der Waals surface area contributed by atoms with Crippen molar-refractivity contribution in [1.29, 1.82) is 0 Å². The summed E-state index contributed by atoms with van der Waals surface area (Å²) >= 11 is 1.19. The van der Waals surface area contributed by atoms with Crippen LogP contribution in [0.3, 0.4) is 0 Å². The zero-order valence-electron chi connectivity index (χ0n) is 15.5. The highest BCUT2D eigenvalue weighted by Gasteiger charge is 2.15. The van der Waals surface area contributed by atoms with E-state index >= 15 is 0 Å². The number of nitrogens with one attached hydrogen (secondary N) is 1. The van der Waals surface area contributed by atoms with Crippen molar-refractivity contribution in [2.24, 2.45) is 5.10 Å². The zero-order valence-corrected chi connectivity index (χ0v) is 16.3. The number of methoxy groups -OCH3 is 1. The number of anilines is 1. The molecule has 0 saturated carbocycles. The maximum absolute atomic E-state index is 11.6. The van der Waals surface area contributed by atoms with Crippen LogP contribution in [-0.2, 0) is 4.74 Å². The molecule has 1 aromatic heterocycles. The van der Waals surface area contributed by atoms with Gasteiger partial charge in [0.25, 0.3) is 0 Å². The monoisotopic (exact) mass is 377 g/mol. The molecule has 0 atom stereocenters. The lowest BCUT2D eigenvalue weighted by molar-refractivity contribution is 0.0605. The summed E-state index contributed by atoms with van der Waals surface area (Å²) in [6.45, 7) is 8.15. The van der Waals surface area contributed by atoms with E-state index in [-0.39, 0.29) is 6.10 Å². The van der Waals surface area contributed by atoms with Crippen LogP contribution in [0.25, 0.3) is 0 Å². The summed E-state index contributed by atoms with van der Waals surface area (Å²) in [5, 5.41) is 4.69. The maximum Gasteiger partial charge on any atom is 0.350 e. The predicted octanol–water partition coefficient (Wildman–Crippen LogP) is 3.87. The lowest BCUT2D eigenvalue weighted by atomic mass is 10.2. The van der Waals surface area contributed by atoms with Gasteiger partial charge in [0.05, 0.1) is 31.7 Å². The number of carbonyl (C=O) groups excluding carboxylic acids is 1. The molecule has 1 heterocycles. The molecule has 0 aliphatic rings. The average Bonchev–Trinajstić information content (AvgIpc) is 2.97. The van der Waals surface area contributed by atoms with Gasteiger partial charge in [-0.25, -0.2) is 9.78 Å². The molecule has 0 saturated heterocycles. The Labute approximate surface area is 157 Å². The molecule has 0 bridgehead atoms. The van der Waals surface area contributed by atoms with Crippen LogP contribution in [0, 0.1) is 6.92 Å². The Hall–Kier alpha value is -2.61. The molecule has 0 amide bonds. The average molecular weight is 377 g/mol. The number of hydrogen-bond acceptors (Lipinski definition) is 8. The number of carbonyl (C=O) groups is 1. The smallest absolute Gasteiger partial charge is 0.350 e. The number of esters is 1. The molecule has 26 heavy (non-hydrogen) atoms. The molecule has 0 spiro atoms. The van der Waals surface area contributed by atoms with Gasteiger partial charge in [-0.05, 0) is 51.5 Å². The molecule has 8 heteroatoms. The Kier molecular flexibility index (Phi) is 6.97. The van der Waals surface area contributed by atoms with E-state index in [1.165, 1.54) is 18.4 Å². The van der Waals surface area contributed by atoms with E-state index in [1.807, 2.05) is 39.0 Å². The van der Waals surface area contributed by atoms with Gasteiger partial charge in [-0.1, -0.05) is 11.3 Å². The number of nitrogens with zero attached hydrogens (tertiary/aromatic N) is 2. The van der Waals surface area contributed by atoms with Crippen molar-refractivity contribution in [3.05, 3.63) is 34.3 Å². The highest BCUT2D eigenvalue weighted by atomic mass is 32.1. The van der Waals surface area contributed by atoms with Crippen molar-refractivity contribution in [3.8, 4) is 11.5 Å². The highest BCUT2D eigenvalue weighted by Crippen LogP contribution is 2.29. The first kappa shape index (κ1) is 19.7. The van der Waals surface area contributed by atoms with Crippen LogP contribution in [0.1, 0.15) is 41.7 Å². The van der Waals surface area contributed by atoms with Crippen LogP contribution in [0.5, 0.6) is 11.5 Å². The van der Waals surface area contributed by atoms with Gasteiger partial charge < -0.3 is 14.2 Å². The second-order valence-electron chi connectivity index (χ2n) is 5.60. The van der Waals surface area contributed by atoms with Crippen molar-refractivity contribution in [2.45, 2.75) is 33.8 Å². The molecule has 0 radical (unpaired) electrons. The molecule has 2 aromatic rings. The second kappa shape index (κ2) is 9.19. The van der Waals surface area contributed by atoms with Crippen molar-refractivity contribution >= 4 is 28.7 Å². The molecular weight excluding hydrogens is 354 g/mol. The summed E-state index contributed by atoms with van der Waals surface area (Å²) < 4.78 is 16.1.